The normalized spacial score (nSPS) is 14.8. The van der Waals surface area contributed by atoms with Crippen LogP contribution in [0.2, 0.25) is 0 Å². The van der Waals surface area contributed by atoms with Gasteiger partial charge in [-0.05, 0) is 68.1 Å². The summed E-state index contributed by atoms with van der Waals surface area (Å²) < 4.78 is 33.3. The molecule has 0 atom stereocenters. The van der Waals surface area contributed by atoms with Gasteiger partial charge in [0.1, 0.15) is 5.75 Å². The van der Waals surface area contributed by atoms with Gasteiger partial charge in [0.05, 0.1) is 16.3 Å². The Hall–Kier alpha value is -2.58. The van der Waals surface area contributed by atoms with Crippen LogP contribution in [0.5, 0.6) is 5.75 Å². The molecule has 1 fully saturated rings. The van der Waals surface area contributed by atoms with Gasteiger partial charge in [-0.25, -0.2) is 8.42 Å². The molecule has 0 unspecified atom stereocenters. The van der Waals surface area contributed by atoms with Crippen LogP contribution in [0.1, 0.15) is 30.4 Å². The molecule has 0 spiro atoms. The van der Waals surface area contributed by atoms with E-state index >= 15 is 0 Å². The molecule has 8 heteroatoms. The number of amides is 1. The third-order valence-electron chi connectivity index (χ3n) is 5.24. The van der Waals surface area contributed by atoms with E-state index in [0.29, 0.717) is 24.5 Å². The molecule has 3 rings (SSSR count). The SMILES string of the molecule is Cc1cc(C)cc(OCC(=O)Nc2cc(S(=O)(=O)N3CCCCC3)ccc2N(C)C)c1. The summed E-state index contributed by atoms with van der Waals surface area (Å²) in [5, 5.41) is 2.82. The molecule has 1 aliphatic heterocycles. The van der Waals surface area contributed by atoms with Gasteiger partial charge in [-0.2, -0.15) is 4.31 Å². The first-order valence-electron chi connectivity index (χ1n) is 10.5. The summed E-state index contributed by atoms with van der Waals surface area (Å²) in [6, 6.07) is 10.6. The van der Waals surface area contributed by atoms with Crippen molar-refractivity contribution in [3.8, 4) is 5.75 Å². The van der Waals surface area contributed by atoms with Crippen LogP contribution in [-0.4, -0.2) is 52.4 Å². The van der Waals surface area contributed by atoms with E-state index in [1.54, 1.807) is 12.1 Å². The Bertz CT molecular complexity index is 1020. The van der Waals surface area contributed by atoms with Crippen LogP contribution in [0.3, 0.4) is 0 Å². The van der Waals surface area contributed by atoms with E-state index in [1.165, 1.54) is 10.4 Å². The quantitative estimate of drug-likeness (QED) is 0.705. The molecular formula is C23H31N3O4S. The third-order valence-corrected chi connectivity index (χ3v) is 7.14. The van der Waals surface area contributed by atoms with Crippen molar-refractivity contribution in [2.75, 3.05) is 44.0 Å². The van der Waals surface area contributed by atoms with Crippen molar-refractivity contribution in [3.63, 3.8) is 0 Å². The summed E-state index contributed by atoms with van der Waals surface area (Å²) in [6.45, 7) is 4.83. The largest absolute Gasteiger partial charge is 0.484 e. The van der Waals surface area contributed by atoms with Gasteiger partial charge < -0.3 is 15.0 Å². The number of rotatable bonds is 7. The molecule has 0 bridgehead atoms. The molecule has 7 nitrogen and oxygen atoms in total. The Morgan fingerprint density at radius 1 is 1.03 bits per heavy atom. The van der Waals surface area contributed by atoms with E-state index in [4.69, 9.17) is 4.74 Å². The Morgan fingerprint density at radius 3 is 2.29 bits per heavy atom. The van der Waals surface area contributed by atoms with Crippen molar-refractivity contribution >= 4 is 27.3 Å². The minimum absolute atomic E-state index is 0.168. The molecule has 2 aromatic carbocycles. The predicted molar refractivity (Wildman–Crippen MR) is 123 cm³/mol. The van der Waals surface area contributed by atoms with Crippen molar-refractivity contribution in [1.82, 2.24) is 4.31 Å². The number of ether oxygens (including phenoxy) is 1. The zero-order chi connectivity index (χ0) is 22.6. The molecule has 1 aliphatic rings. The van der Waals surface area contributed by atoms with Crippen LogP contribution in [0, 0.1) is 13.8 Å². The fraction of sp³-hybridized carbons (Fsp3) is 0.435. The first kappa shape index (κ1) is 23.1. The summed E-state index contributed by atoms with van der Waals surface area (Å²) in [4.78, 5) is 14.6. The van der Waals surface area contributed by atoms with E-state index in [-0.39, 0.29) is 17.4 Å². The number of hydrogen-bond acceptors (Lipinski definition) is 5. The van der Waals surface area contributed by atoms with Crippen molar-refractivity contribution < 1.29 is 17.9 Å². The predicted octanol–water partition coefficient (Wildman–Crippen LogP) is 3.56. The van der Waals surface area contributed by atoms with Crippen LogP contribution >= 0.6 is 0 Å². The van der Waals surface area contributed by atoms with E-state index in [0.717, 1.165) is 36.1 Å². The highest BCUT2D eigenvalue weighted by atomic mass is 32.2. The molecule has 0 aliphatic carbocycles. The number of sulfonamides is 1. The zero-order valence-electron chi connectivity index (χ0n) is 18.6. The van der Waals surface area contributed by atoms with Crippen LogP contribution in [0.4, 0.5) is 11.4 Å². The van der Waals surface area contributed by atoms with E-state index < -0.39 is 10.0 Å². The molecule has 1 N–H and O–H groups in total. The fourth-order valence-electron chi connectivity index (χ4n) is 3.77. The van der Waals surface area contributed by atoms with Crippen molar-refractivity contribution in [2.24, 2.45) is 0 Å². The second kappa shape index (κ2) is 9.70. The lowest BCUT2D eigenvalue weighted by Crippen LogP contribution is -2.35. The number of piperidine rings is 1. The standard InChI is InChI=1S/C23H31N3O4S/c1-17-12-18(2)14-19(13-17)30-16-23(27)24-21-15-20(8-9-22(21)25(3)4)31(28,29)26-10-6-5-7-11-26/h8-9,12-15H,5-7,10-11,16H2,1-4H3,(H,24,27). The van der Waals surface area contributed by atoms with E-state index in [1.807, 2.05) is 51.0 Å². The fourth-order valence-corrected chi connectivity index (χ4v) is 5.32. The molecule has 168 valence electrons. The second-order valence-corrected chi connectivity index (χ2v) is 10.1. The highest BCUT2D eigenvalue weighted by Gasteiger charge is 2.27. The molecule has 1 saturated heterocycles. The van der Waals surface area contributed by atoms with Gasteiger partial charge in [0.25, 0.3) is 5.91 Å². The smallest absolute Gasteiger partial charge is 0.262 e. The first-order chi connectivity index (χ1) is 14.7. The maximum absolute atomic E-state index is 13.1. The zero-order valence-corrected chi connectivity index (χ0v) is 19.5. The molecule has 1 amide bonds. The highest BCUT2D eigenvalue weighted by molar-refractivity contribution is 7.89. The van der Waals surface area contributed by atoms with Crippen molar-refractivity contribution in [2.45, 2.75) is 38.0 Å². The van der Waals surface area contributed by atoms with Gasteiger partial charge >= 0.3 is 0 Å². The summed E-state index contributed by atoms with van der Waals surface area (Å²) in [5.41, 5.74) is 3.27. The summed E-state index contributed by atoms with van der Waals surface area (Å²) >= 11 is 0. The third kappa shape index (κ3) is 5.77. The van der Waals surface area contributed by atoms with Crippen LogP contribution in [-0.2, 0) is 14.8 Å². The number of anilines is 2. The molecule has 0 saturated carbocycles. The topological polar surface area (TPSA) is 78.9 Å². The maximum Gasteiger partial charge on any atom is 0.262 e. The van der Waals surface area contributed by atoms with Gasteiger partial charge in [-0.1, -0.05) is 12.5 Å². The minimum atomic E-state index is -3.60. The van der Waals surface area contributed by atoms with Crippen molar-refractivity contribution in [3.05, 3.63) is 47.5 Å². The molecule has 2 aromatic rings. The van der Waals surface area contributed by atoms with Gasteiger partial charge in [0.2, 0.25) is 10.0 Å². The van der Waals surface area contributed by atoms with Crippen LogP contribution < -0.4 is 15.0 Å². The maximum atomic E-state index is 13.1. The highest BCUT2D eigenvalue weighted by Crippen LogP contribution is 2.30. The number of nitrogens with one attached hydrogen (secondary N) is 1. The van der Waals surface area contributed by atoms with Gasteiger partial charge in [0.15, 0.2) is 6.61 Å². The number of nitrogens with zero attached hydrogens (tertiary/aromatic N) is 2. The second-order valence-electron chi connectivity index (χ2n) is 8.20. The Kier molecular flexibility index (Phi) is 7.23. The number of carbonyl (C=O) groups is 1. The lowest BCUT2D eigenvalue weighted by molar-refractivity contribution is -0.118. The Balaban J connectivity index is 1.78. The monoisotopic (exact) mass is 445 g/mol. The number of carbonyl (C=O) groups excluding carboxylic acids is 1. The van der Waals surface area contributed by atoms with Gasteiger partial charge in [0, 0.05) is 27.2 Å². The summed E-state index contributed by atoms with van der Waals surface area (Å²) in [6.07, 6.45) is 2.79. The number of benzene rings is 2. The molecule has 0 aromatic heterocycles. The molecule has 1 heterocycles. The first-order valence-corrected chi connectivity index (χ1v) is 11.9. The van der Waals surface area contributed by atoms with Gasteiger partial charge in [-0.15, -0.1) is 0 Å². The van der Waals surface area contributed by atoms with Crippen molar-refractivity contribution in [1.29, 1.82) is 0 Å². The van der Waals surface area contributed by atoms with Crippen LogP contribution in [0.15, 0.2) is 41.3 Å². The molecular weight excluding hydrogens is 414 g/mol. The number of aryl methyl sites for hydroxylation is 2. The average molecular weight is 446 g/mol. The number of hydrogen-bond donors (Lipinski definition) is 1. The van der Waals surface area contributed by atoms with E-state index in [9.17, 15) is 13.2 Å². The van der Waals surface area contributed by atoms with Crippen LogP contribution in [0.25, 0.3) is 0 Å². The lowest BCUT2D eigenvalue weighted by Gasteiger charge is -2.26. The Morgan fingerprint density at radius 2 is 1.68 bits per heavy atom. The molecule has 0 radical (unpaired) electrons. The van der Waals surface area contributed by atoms with Gasteiger partial charge in [-0.3, -0.25) is 4.79 Å². The molecule has 31 heavy (non-hydrogen) atoms. The lowest BCUT2D eigenvalue weighted by atomic mass is 10.1. The summed E-state index contributed by atoms with van der Waals surface area (Å²) in [5.74, 6) is 0.275. The summed E-state index contributed by atoms with van der Waals surface area (Å²) in [7, 11) is 0.0908. The van der Waals surface area contributed by atoms with E-state index in [2.05, 4.69) is 5.32 Å². The Labute approximate surface area is 185 Å². The average Bonchev–Trinajstić information content (AvgIpc) is 2.72. The minimum Gasteiger partial charge on any atom is -0.484 e.